The lowest BCUT2D eigenvalue weighted by molar-refractivity contribution is -0.120. The first-order chi connectivity index (χ1) is 10.7. The van der Waals surface area contributed by atoms with Gasteiger partial charge >= 0.3 is 0 Å². The van der Waals surface area contributed by atoms with Crippen molar-refractivity contribution in [3.8, 4) is 0 Å². The molecule has 1 N–H and O–H groups in total. The van der Waals surface area contributed by atoms with Crippen molar-refractivity contribution in [3.63, 3.8) is 0 Å². The lowest BCUT2D eigenvalue weighted by Gasteiger charge is -2.07. The summed E-state index contributed by atoms with van der Waals surface area (Å²) in [5.74, 6) is 1.93. The smallest absolute Gasteiger partial charge is 0.220 e. The summed E-state index contributed by atoms with van der Waals surface area (Å²) >= 11 is 1.79. The lowest BCUT2D eigenvalue weighted by atomic mass is 10.2. The van der Waals surface area contributed by atoms with Crippen LogP contribution in [0.5, 0.6) is 0 Å². The van der Waals surface area contributed by atoms with E-state index in [-0.39, 0.29) is 5.91 Å². The summed E-state index contributed by atoms with van der Waals surface area (Å²) in [5.41, 5.74) is 3.51. The number of nitrogens with zero attached hydrogens (tertiary/aromatic N) is 2. The van der Waals surface area contributed by atoms with Gasteiger partial charge in [0.1, 0.15) is 0 Å². The fourth-order valence-corrected chi connectivity index (χ4v) is 3.01. The van der Waals surface area contributed by atoms with Crippen molar-refractivity contribution in [1.29, 1.82) is 0 Å². The van der Waals surface area contributed by atoms with Crippen LogP contribution in [-0.2, 0) is 17.1 Å². The van der Waals surface area contributed by atoms with Crippen LogP contribution >= 0.6 is 11.8 Å². The van der Waals surface area contributed by atoms with Crippen molar-refractivity contribution >= 4 is 17.7 Å². The van der Waals surface area contributed by atoms with Crippen LogP contribution in [0.2, 0.25) is 0 Å². The highest BCUT2D eigenvalue weighted by Gasteiger charge is 2.04. The van der Waals surface area contributed by atoms with Crippen LogP contribution in [0, 0.1) is 13.8 Å². The Kier molecular flexibility index (Phi) is 6.52. The Morgan fingerprint density at radius 1 is 1.27 bits per heavy atom. The first-order valence-corrected chi connectivity index (χ1v) is 8.69. The molecule has 118 valence electrons. The second-order valence-corrected chi connectivity index (χ2v) is 6.35. The second kappa shape index (κ2) is 8.63. The van der Waals surface area contributed by atoms with Crippen molar-refractivity contribution in [2.24, 2.45) is 0 Å². The van der Waals surface area contributed by atoms with E-state index in [1.807, 2.05) is 38.4 Å². The van der Waals surface area contributed by atoms with Gasteiger partial charge in [0.15, 0.2) is 0 Å². The molecule has 1 aromatic heterocycles. The fourth-order valence-electron chi connectivity index (χ4n) is 2.10. The van der Waals surface area contributed by atoms with Gasteiger partial charge < -0.3 is 9.88 Å². The van der Waals surface area contributed by atoms with Crippen molar-refractivity contribution in [3.05, 3.63) is 53.6 Å². The molecule has 1 aromatic carbocycles. The van der Waals surface area contributed by atoms with E-state index in [9.17, 15) is 4.79 Å². The van der Waals surface area contributed by atoms with Crippen molar-refractivity contribution in [2.45, 2.75) is 32.6 Å². The van der Waals surface area contributed by atoms with Gasteiger partial charge in [-0.3, -0.25) is 4.79 Å². The molecule has 0 bridgehead atoms. The molecular weight excluding hydrogens is 294 g/mol. The van der Waals surface area contributed by atoms with E-state index in [0.717, 1.165) is 29.4 Å². The lowest BCUT2D eigenvalue weighted by Crippen LogP contribution is -2.27. The number of aryl methyl sites for hydroxylation is 1. The molecule has 0 spiro atoms. The van der Waals surface area contributed by atoms with E-state index in [0.29, 0.717) is 13.0 Å². The predicted octanol–water partition coefficient (Wildman–Crippen LogP) is 2.94. The monoisotopic (exact) mass is 317 g/mol. The van der Waals surface area contributed by atoms with Crippen LogP contribution in [0.15, 0.2) is 36.7 Å². The number of imidazole rings is 1. The number of hydrogen-bond acceptors (Lipinski definition) is 3. The standard InChI is InChI=1S/C17H23N3OS/c1-14-15(2)20(13-19-14)10-9-18-17(21)8-11-22-12-16-6-4-3-5-7-16/h3-7,13H,8-12H2,1-2H3,(H,18,21). The van der Waals surface area contributed by atoms with Crippen LogP contribution in [0.3, 0.4) is 0 Å². The number of carbonyl (C=O) groups excluding carboxylic acids is 1. The van der Waals surface area contributed by atoms with Crippen LogP contribution in [-0.4, -0.2) is 27.8 Å². The molecule has 2 aromatic rings. The average Bonchev–Trinajstić information content (AvgIpc) is 2.85. The Morgan fingerprint density at radius 2 is 2.05 bits per heavy atom. The number of aromatic nitrogens is 2. The van der Waals surface area contributed by atoms with Crippen LogP contribution < -0.4 is 5.32 Å². The zero-order valence-electron chi connectivity index (χ0n) is 13.2. The van der Waals surface area contributed by atoms with Gasteiger partial charge in [-0.2, -0.15) is 11.8 Å². The molecule has 0 radical (unpaired) electrons. The third-order valence-corrected chi connectivity index (χ3v) is 4.64. The van der Waals surface area contributed by atoms with Crippen molar-refractivity contribution in [1.82, 2.24) is 14.9 Å². The topological polar surface area (TPSA) is 46.9 Å². The largest absolute Gasteiger partial charge is 0.354 e. The van der Waals surface area contributed by atoms with Gasteiger partial charge in [0.2, 0.25) is 5.91 Å². The van der Waals surface area contributed by atoms with Crippen molar-refractivity contribution in [2.75, 3.05) is 12.3 Å². The molecule has 4 nitrogen and oxygen atoms in total. The molecule has 0 saturated heterocycles. The van der Waals surface area contributed by atoms with Gasteiger partial charge in [0, 0.05) is 36.7 Å². The minimum atomic E-state index is 0.120. The average molecular weight is 317 g/mol. The Labute approximate surface area is 136 Å². The Bertz CT molecular complexity index is 595. The SMILES string of the molecule is Cc1ncn(CCNC(=O)CCSCc2ccccc2)c1C. The maximum atomic E-state index is 11.8. The normalized spacial score (nSPS) is 10.6. The summed E-state index contributed by atoms with van der Waals surface area (Å²) in [6.45, 7) is 5.47. The molecule has 0 unspecified atom stereocenters. The highest BCUT2D eigenvalue weighted by molar-refractivity contribution is 7.98. The number of amides is 1. The third-order valence-electron chi connectivity index (χ3n) is 3.61. The van der Waals surface area contributed by atoms with Crippen LogP contribution in [0.25, 0.3) is 0 Å². The zero-order valence-corrected chi connectivity index (χ0v) is 14.0. The molecule has 0 fully saturated rings. The highest BCUT2D eigenvalue weighted by atomic mass is 32.2. The molecule has 1 heterocycles. The summed E-state index contributed by atoms with van der Waals surface area (Å²) in [6.07, 6.45) is 2.39. The summed E-state index contributed by atoms with van der Waals surface area (Å²) in [4.78, 5) is 16.0. The van der Waals surface area contributed by atoms with Gasteiger partial charge in [-0.1, -0.05) is 30.3 Å². The van der Waals surface area contributed by atoms with E-state index >= 15 is 0 Å². The summed E-state index contributed by atoms with van der Waals surface area (Å²) in [7, 11) is 0. The fraction of sp³-hybridized carbons (Fsp3) is 0.412. The summed E-state index contributed by atoms with van der Waals surface area (Å²) in [6, 6.07) is 10.3. The third kappa shape index (κ3) is 5.22. The molecule has 5 heteroatoms. The van der Waals surface area contributed by atoms with Gasteiger partial charge in [-0.25, -0.2) is 4.98 Å². The number of carbonyl (C=O) groups is 1. The minimum Gasteiger partial charge on any atom is -0.354 e. The quantitative estimate of drug-likeness (QED) is 0.762. The molecule has 0 saturated carbocycles. The van der Waals surface area contributed by atoms with E-state index in [1.165, 1.54) is 5.56 Å². The number of rotatable bonds is 8. The van der Waals surface area contributed by atoms with Gasteiger partial charge in [-0.15, -0.1) is 0 Å². The van der Waals surface area contributed by atoms with Gasteiger partial charge in [0.25, 0.3) is 0 Å². The maximum absolute atomic E-state index is 11.8. The molecule has 0 aliphatic rings. The van der Waals surface area contributed by atoms with E-state index in [4.69, 9.17) is 0 Å². The van der Waals surface area contributed by atoms with Crippen LogP contribution in [0.1, 0.15) is 23.4 Å². The zero-order chi connectivity index (χ0) is 15.8. The number of thioether (sulfide) groups is 1. The van der Waals surface area contributed by atoms with E-state index in [1.54, 1.807) is 11.8 Å². The molecule has 2 rings (SSSR count). The van der Waals surface area contributed by atoms with Crippen LogP contribution in [0.4, 0.5) is 0 Å². The number of benzene rings is 1. The van der Waals surface area contributed by atoms with E-state index in [2.05, 4.69) is 27.0 Å². The predicted molar refractivity (Wildman–Crippen MR) is 91.9 cm³/mol. The van der Waals surface area contributed by atoms with Gasteiger partial charge in [0.05, 0.1) is 12.0 Å². The molecule has 1 amide bonds. The first kappa shape index (κ1) is 16.6. The summed E-state index contributed by atoms with van der Waals surface area (Å²) in [5, 5.41) is 2.97. The second-order valence-electron chi connectivity index (χ2n) is 5.25. The number of nitrogens with one attached hydrogen (secondary N) is 1. The first-order valence-electron chi connectivity index (χ1n) is 7.53. The Hall–Kier alpha value is -1.75. The number of hydrogen-bond donors (Lipinski definition) is 1. The summed E-state index contributed by atoms with van der Waals surface area (Å²) < 4.78 is 2.07. The molecule has 0 atom stereocenters. The Balaban J connectivity index is 1.57. The maximum Gasteiger partial charge on any atom is 0.220 e. The van der Waals surface area contributed by atoms with Gasteiger partial charge in [-0.05, 0) is 19.4 Å². The molecule has 22 heavy (non-hydrogen) atoms. The minimum absolute atomic E-state index is 0.120. The molecule has 0 aliphatic heterocycles. The molecule has 0 aliphatic carbocycles. The molecular formula is C17H23N3OS. The highest BCUT2D eigenvalue weighted by Crippen LogP contribution is 2.12. The Morgan fingerprint density at radius 3 is 2.73 bits per heavy atom. The van der Waals surface area contributed by atoms with Crippen molar-refractivity contribution < 1.29 is 4.79 Å². The van der Waals surface area contributed by atoms with E-state index < -0.39 is 0 Å².